The normalized spacial score (nSPS) is 25.0. The highest BCUT2D eigenvalue weighted by molar-refractivity contribution is 5.91. The fourth-order valence-electron chi connectivity index (χ4n) is 5.73. The first-order valence-corrected chi connectivity index (χ1v) is 12.2. The third-order valence-corrected chi connectivity index (χ3v) is 7.55. The zero-order valence-electron chi connectivity index (χ0n) is 19.5. The molecule has 184 valence electrons. The van der Waals surface area contributed by atoms with Crippen LogP contribution in [0.5, 0.6) is 0 Å². The number of carboxylic acids is 1. The average molecular weight is 479 g/mol. The van der Waals surface area contributed by atoms with Crippen molar-refractivity contribution in [2.75, 3.05) is 19.8 Å². The van der Waals surface area contributed by atoms with E-state index in [4.69, 9.17) is 9.47 Å². The van der Waals surface area contributed by atoms with Crippen LogP contribution in [0.4, 0.5) is 4.79 Å². The van der Waals surface area contributed by atoms with Crippen molar-refractivity contribution in [3.05, 3.63) is 59.7 Å². The minimum atomic E-state index is -1.22. The molecule has 1 saturated heterocycles. The lowest BCUT2D eigenvalue weighted by atomic mass is 9.94. The molecule has 2 amide bonds. The minimum absolute atomic E-state index is 0.0221. The number of hydrogen-bond donors (Lipinski definition) is 3. The number of nitrogens with one attached hydrogen (secondary N) is 2. The number of carbonyl (C=O) groups excluding carboxylic acids is 2. The number of carboxylic acid groups (broad SMARTS) is 1. The Morgan fingerprint density at radius 2 is 1.71 bits per heavy atom. The predicted octanol–water partition coefficient (Wildman–Crippen LogP) is 3.44. The first-order chi connectivity index (χ1) is 17.0. The van der Waals surface area contributed by atoms with Gasteiger partial charge in [0.2, 0.25) is 5.91 Å². The summed E-state index contributed by atoms with van der Waals surface area (Å²) < 4.78 is 11.1. The van der Waals surface area contributed by atoms with Gasteiger partial charge in [-0.3, -0.25) is 9.59 Å². The molecule has 1 unspecified atom stereocenters. The molecule has 0 radical (unpaired) electrons. The van der Waals surface area contributed by atoms with Gasteiger partial charge in [0.25, 0.3) is 0 Å². The van der Waals surface area contributed by atoms with Crippen molar-refractivity contribution in [3.63, 3.8) is 0 Å². The third-order valence-electron chi connectivity index (χ3n) is 7.55. The molecule has 8 nitrogen and oxygen atoms in total. The van der Waals surface area contributed by atoms with Gasteiger partial charge >= 0.3 is 12.1 Å². The summed E-state index contributed by atoms with van der Waals surface area (Å²) in [6, 6.07) is 16.0. The zero-order chi connectivity index (χ0) is 24.4. The third kappa shape index (κ3) is 4.62. The van der Waals surface area contributed by atoms with E-state index in [1.807, 2.05) is 24.3 Å². The summed E-state index contributed by atoms with van der Waals surface area (Å²) in [6.07, 6.45) is 2.05. The van der Waals surface area contributed by atoms with Crippen LogP contribution in [0.1, 0.15) is 49.1 Å². The Morgan fingerprint density at radius 1 is 1.03 bits per heavy atom. The summed E-state index contributed by atoms with van der Waals surface area (Å²) in [5.41, 5.74) is 3.29. The van der Waals surface area contributed by atoms with Gasteiger partial charge in [-0.05, 0) is 41.0 Å². The van der Waals surface area contributed by atoms with Crippen LogP contribution >= 0.6 is 0 Å². The highest BCUT2D eigenvalue weighted by Gasteiger charge is 2.46. The van der Waals surface area contributed by atoms with Gasteiger partial charge < -0.3 is 25.2 Å². The standard InChI is InChI=1S/C27H30N2O6/c30-24(31)14-17-6-5-11-23(17)28-25(32)27(12-13-34-16-27)29-26(33)35-15-22-20-9-3-1-7-18(20)19-8-2-4-10-21(19)22/h1-4,7-10,17,22-23H,5-6,11-16H2,(H,28,32)(H,29,33)(H,30,31)/t17-,23+,27?/m0/s1. The Hall–Kier alpha value is -3.39. The molecule has 1 saturated carbocycles. The second kappa shape index (κ2) is 9.70. The molecule has 0 bridgehead atoms. The van der Waals surface area contributed by atoms with Crippen LogP contribution in [-0.4, -0.2) is 54.5 Å². The molecule has 8 heteroatoms. The number of amides is 2. The second-order valence-corrected chi connectivity index (χ2v) is 9.70. The molecule has 2 aliphatic carbocycles. The molecule has 35 heavy (non-hydrogen) atoms. The van der Waals surface area contributed by atoms with E-state index < -0.39 is 17.6 Å². The molecule has 2 aromatic rings. The quantitative estimate of drug-likeness (QED) is 0.562. The summed E-state index contributed by atoms with van der Waals surface area (Å²) in [7, 11) is 0. The minimum Gasteiger partial charge on any atom is -0.481 e. The molecule has 2 fully saturated rings. The van der Waals surface area contributed by atoms with E-state index in [-0.39, 0.29) is 43.4 Å². The molecule has 0 spiro atoms. The molecule has 3 N–H and O–H groups in total. The highest BCUT2D eigenvalue weighted by atomic mass is 16.6. The average Bonchev–Trinajstić information content (AvgIpc) is 3.56. The van der Waals surface area contributed by atoms with Crippen molar-refractivity contribution in [1.29, 1.82) is 0 Å². The maximum Gasteiger partial charge on any atom is 0.408 e. The number of benzene rings is 2. The topological polar surface area (TPSA) is 114 Å². The number of alkyl carbamates (subject to hydrolysis) is 1. The van der Waals surface area contributed by atoms with E-state index in [0.717, 1.165) is 41.5 Å². The lowest BCUT2D eigenvalue weighted by Crippen LogP contribution is -2.61. The van der Waals surface area contributed by atoms with Crippen molar-refractivity contribution in [3.8, 4) is 11.1 Å². The van der Waals surface area contributed by atoms with Crippen molar-refractivity contribution in [2.24, 2.45) is 5.92 Å². The summed E-state index contributed by atoms with van der Waals surface area (Å²) in [5.74, 6) is -1.39. The van der Waals surface area contributed by atoms with Gasteiger partial charge in [-0.25, -0.2) is 4.79 Å². The van der Waals surface area contributed by atoms with Crippen LogP contribution < -0.4 is 10.6 Å². The van der Waals surface area contributed by atoms with Crippen LogP contribution in [0.2, 0.25) is 0 Å². The van der Waals surface area contributed by atoms with Gasteiger partial charge in [0, 0.05) is 25.0 Å². The molecular formula is C27H30N2O6. The van der Waals surface area contributed by atoms with E-state index >= 15 is 0 Å². The smallest absolute Gasteiger partial charge is 0.408 e. The van der Waals surface area contributed by atoms with Gasteiger partial charge in [-0.2, -0.15) is 0 Å². The van der Waals surface area contributed by atoms with E-state index in [9.17, 15) is 19.5 Å². The number of ether oxygens (including phenoxy) is 2. The first-order valence-electron chi connectivity index (χ1n) is 12.2. The fraction of sp³-hybridized carbons (Fsp3) is 0.444. The summed E-state index contributed by atoms with van der Waals surface area (Å²) in [4.78, 5) is 37.3. The lowest BCUT2D eigenvalue weighted by Gasteiger charge is -2.30. The Labute approximate surface area is 204 Å². The van der Waals surface area contributed by atoms with Crippen LogP contribution in [0, 0.1) is 5.92 Å². The zero-order valence-corrected chi connectivity index (χ0v) is 19.5. The molecule has 1 aliphatic heterocycles. The van der Waals surface area contributed by atoms with Gasteiger partial charge in [-0.1, -0.05) is 55.0 Å². The summed E-state index contributed by atoms with van der Waals surface area (Å²) >= 11 is 0. The molecule has 2 aromatic carbocycles. The SMILES string of the molecule is O=C(O)C[C@@H]1CCC[C@H]1NC(=O)C1(NC(=O)OCC2c3ccccc3-c3ccccc32)CCOC1. The maximum absolute atomic E-state index is 13.3. The van der Waals surface area contributed by atoms with E-state index in [1.54, 1.807) is 0 Å². The molecule has 5 rings (SSSR count). The second-order valence-electron chi connectivity index (χ2n) is 9.70. The van der Waals surface area contributed by atoms with Crippen LogP contribution in [0.15, 0.2) is 48.5 Å². The van der Waals surface area contributed by atoms with Gasteiger partial charge in [0.15, 0.2) is 0 Å². The summed E-state index contributed by atoms with van der Waals surface area (Å²) in [5, 5.41) is 14.9. The van der Waals surface area contributed by atoms with Gasteiger partial charge in [0.05, 0.1) is 13.0 Å². The van der Waals surface area contributed by atoms with Crippen molar-refractivity contribution < 1.29 is 29.0 Å². The molecular weight excluding hydrogens is 448 g/mol. The van der Waals surface area contributed by atoms with Gasteiger partial charge in [-0.15, -0.1) is 0 Å². The van der Waals surface area contributed by atoms with E-state index in [0.29, 0.717) is 13.0 Å². The molecule has 0 aromatic heterocycles. The number of rotatable bonds is 7. The molecule has 3 aliphatic rings. The number of aliphatic carboxylic acids is 1. The monoisotopic (exact) mass is 478 g/mol. The van der Waals surface area contributed by atoms with E-state index in [1.165, 1.54) is 0 Å². The van der Waals surface area contributed by atoms with Crippen LogP contribution in [0.3, 0.4) is 0 Å². The Balaban J connectivity index is 1.24. The van der Waals surface area contributed by atoms with Crippen molar-refractivity contribution in [2.45, 2.75) is 49.6 Å². The number of fused-ring (bicyclic) bond motifs is 3. The Kier molecular flexibility index (Phi) is 6.47. The molecule has 1 heterocycles. The van der Waals surface area contributed by atoms with Crippen molar-refractivity contribution in [1.82, 2.24) is 10.6 Å². The van der Waals surface area contributed by atoms with Crippen molar-refractivity contribution >= 4 is 18.0 Å². The lowest BCUT2D eigenvalue weighted by molar-refractivity contribution is -0.138. The van der Waals surface area contributed by atoms with Gasteiger partial charge in [0.1, 0.15) is 12.1 Å². The largest absolute Gasteiger partial charge is 0.481 e. The number of carbonyl (C=O) groups is 3. The Bertz CT molecular complexity index is 1080. The van der Waals surface area contributed by atoms with E-state index in [2.05, 4.69) is 34.9 Å². The van der Waals surface area contributed by atoms with Crippen LogP contribution in [-0.2, 0) is 19.1 Å². The van der Waals surface area contributed by atoms with Crippen LogP contribution in [0.25, 0.3) is 11.1 Å². The highest BCUT2D eigenvalue weighted by Crippen LogP contribution is 2.44. The Morgan fingerprint density at radius 3 is 2.34 bits per heavy atom. The first kappa shape index (κ1) is 23.4. The summed E-state index contributed by atoms with van der Waals surface area (Å²) in [6.45, 7) is 0.557. The number of hydrogen-bond acceptors (Lipinski definition) is 5. The fourth-order valence-corrected chi connectivity index (χ4v) is 5.73. The molecule has 3 atom stereocenters. The maximum atomic E-state index is 13.3. The predicted molar refractivity (Wildman–Crippen MR) is 128 cm³/mol.